The van der Waals surface area contributed by atoms with Crippen molar-refractivity contribution in [3.63, 3.8) is 0 Å². The normalized spacial score (nSPS) is 29.0. The van der Waals surface area contributed by atoms with Crippen LogP contribution in [0, 0.1) is 5.92 Å². The van der Waals surface area contributed by atoms with Crippen molar-refractivity contribution in [2.75, 3.05) is 0 Å². The average Bonchev–Trinajstić information content (AvgIpc) is 2.51. The zero-order valence-electron chi connectivity index (χ0n) is 9.12. The molecule has 14 heavy (non-hydrogen) atoms. The van der Waals surface area contributed by atoms with E-state index >= 15 is 0 Å². The molecule has 3 heteroatoms. The molecule has 1 aliphatic carbocycles. The van der Waals surface area contributed by atoms with Crippen molar-refractivity contribution in [2.24, 2.45) is 5.92 Å². The van der Waals surface area contributed by atoms with Gasteiger partial charge >= 0.3 is 5.97 Å². The summed E-state index contributed by atoms with van der Waals surface area (Å²) in [5, 5.41) is 12.3. The molecule has 0 saturated heterocycles. The van der Waals surface area contributed by atoms with Crippen LogP contribution in [-0.2, 0) is 4.79 Å². The van der Waals surface area contributed by atoms with Gasteiger partial charge in [0.15, 0.2) is 0 Å². The van der Waals surface area contributed by atoms with Crippen molar-refractivity contribution in [2.45, 2.75) is 58.0 Å². The highest BCUT2D eigenvalue weighted by molar-refractivity contribution is 5.73. The third-order valence-electron chi connectivity index (χ3n) is 3.15. The van der Waals surface area contributed by atoms with Crippen LogP contribution in [0.4, 0.5) is 0 Å². The minimum absolute atomic E-state index is 0.342. The molecule has 2 N–H and O–H groups in total. The van der Waals surface area contributed by atoms with Crippen molar-refractivity contribution in [3.05, 3.63) is 0 Å². The molecule has 1 fully saturated rings. The first-order valence-corrected chi connectivity index (χ1v) is 5.64. The lowest BCUT2D eigenvalue weighted by Crippen LogP contribution is -2.44. The maximum atomic E-state index is 10.9. The number of aliphatic carboxylic acids is 1. The zero-order chi connectivity index (χ0) is 10.6. The quantitative estimate of drug-likeness (QED) is 0.712. The van der Waals surface area contributed by atoms with Gasteiger partial charge in [-0.1, -0.05) is 26.7 Å². The largest absolute Gasteiger partial charge is 0.480 e. The number of carboxylic acids is 1. The Morgan fingerprint density at radius 2 is 2.29 bits per heavy atom. The Balaban J connectivity index is 2.41. The highest BCUT2D eigenvalue weighted by Gasteiger charge is 2.27. The summed E-state index contributed by atoms with van der Waals surface area (Å²) in [5.74, 6) is -0.0698. The summed E-state index contributed by atoms with van der Waals surface area (Å²) in [6.45, 7) is 4.23. The maximum absolute atomic E-state index is 10.9. The van der Waals surface area contributed by atoms with Gasteiger partial charge in [-0.25, -0.2) is 0 Å². The topological polar surface area (TPSA) is 49.3 Å². The van der Waals surface area contributed by atoms with E-state index in [1.54, 1.807) is 0 Å². The summed E-state index contributed by atoms with van der Waals surface area (Å²) >= 11 is 0. The molecule has 0 heterocycles. The highest BCUT2D eigenvalue weighted by atomic mass is 16.4. The molecule has 0 bridgehead atoms. The molecule has 3 atom stereocenters. The third kappa shape index (κ3) is 2.98. The van der Waals surface area contributed by atoms with Crippen LogP contribution in [0.5, 0.6) is 0 Å². The molecule has 1 aliphatic rings. The molecule has 1 saturated carbocycles. The number of carbonyl (C=O) groups is 1. The molecule has 3 nitrogen and oxygen atoms in total. The molecule has 0 aromatic heterocycles. The van der Waals surface area contributed by atoms with Crippen molar-refractivity contribution in [3.8, 4) is 0 Å². The minimum Gasteiger partial charge on any atom is -0.480 e. The van der Waals surface area contributed by atoms with Gasteiger partial charge in [0, 0.05) is 6.04 Å². The molecule has 1 rings (SSSR count). The molecule has 0 amide bonds. The minimum atomic E-state index is -0.703. The van der Waals surface area contributed by atoms with E-state index in [2.05, 4.69) is 12.2 Å². The summed E-state index contributed by atoms with van der Waals surface area (Å²) in [6.07, 6.45) is 5.26. The van der Waals surface area contributed by atoms with Gasteiger partial charge in [0.25, 0.3) is 0 Å². The lowest BCUT2D eigenvalue weighted by atomic mass is 10.0. The SMILES string of the molecule is CCCC(NC1CCCC1C)C(=O)O. The van der Waals surface area contributed by atoms with Crippen LogP contribution in [0.25, 0.3) is 0 Å². The Morgan fingerprint density at radius 1 is 1.57 bits per heavy atom. The zero-order valence-corrected chi connectivity index (χ0v) is 9.12. The van der Waals surface area contributed by atoms with Crippen molar-refractivity contribution < 1.29 is 9.90 Å². The Hall–Kier alpha value is -0.570. The first-order chi connectivity index (χ1) is 6.65. The van der Waals surface area contributed by atoms with E-state index in [9.17, 15) is 4.79 Å². The van der Waals surface area contributed by atoms with Gasteiger partial charge in [-0.05, 0) is 25.2 Å². The lowest BCUT2D eigenvalue weighted by molar-refractivity contribution is -0.140. The third-order valence-corrected chi connectivity index (χ3v) is 3.15. The fourth-order valence-corrected chi connectivity index (χ4v) is 2.22. The standard InChI is InChI=1S/C11H21NO2/c1-3-5-10(11(13)14)12-9-7-4-6-8(9)2/h8-10,12H,3-7H2,1-2H3,(H,13,14). The predicted molar refractivity (Wildman–Crippen MR) is 56.3 cm³/mol. The molecule has 0 spiro atoms. The van der Waals surface area contributed by atoms with E-state index in [4.69, 9.17) is 5.11 Å². The van der Waals surface area contributed by atoms with Gasteiger partial charge in [0.2, 0.25) is 0 Å². The highest BCUT2D eigenvalue weighted by Crippen LogP contribution is 2.25. The molecular weight excluding hydrogens is 178 g/mol. The number of nitrogens with one attached hydrogen (secondary N) is 1. The van der Waals surface area contributed by atoms with Crippen LogP contribution >= 0.6 is 0 Å². The number of rotatable bonds is 5. The fraction of sp³-hybridized carbons (Fsp3) is 0.909. The van der Waals surface area contributed by atoms with Crippen LogP contribution in [0.3, 0.4) is 0 Å². The Bertz CT molecular complexity index is 194. The predicted octanol–water partition coefficient (Wildman–Crippen LogP) is 2.02. The first kappa shape index (κ1) is 11.5. The number of hydrogen-bond acceptors (Lipinski definition) is 2. The Kier molecular flexibility index (Phi) is 4.39. The van der Waals surface area contributed by atoms with E-state index in [0.29, 0.717) is 12.0 Å². The maximum Gasteiger partial charge on any atom is 0.320 e. The van der Waals surface area contributed by atoms with Gasteiger partial charge in [0.1, 0.15) is 6.04 Å². The van der Waals surface area contributed by atoms with Crippen molar-refractivity contribution in [1.29, 1.82) is 0 Å². The second kappa shape index (κ2) is 5.35. The summed E-state index contributed by atoms with van der Waals surface area (Å²) < 4.78 is 0. The second-order valence-electron chi connectivity index (χ2n) is 4.36. The van der Waals surface area contributed by atoms with Crippen LogP contribution in [-0.4, -0.2) is 23.2 Å². The molecule has 3 unspecified atom stereocenters. The first-order valence-electron chi connectivity index (χ1n) is 5.64. The van der Waals surface area contributed by atoms with E-state index in [-0.39, 0.29) is 6.04 Å². The van der Waals surface area contributed by atoms with Gasteiger partial charge in [-0.2, -0.15) is 0 Å². The van der Waals surface area contributed by atoms with Crippen LogP contribution in [0.2, 0.25) is 0 Å². The summed E-state index contributed by atoms with van der Waals surface area (Å²) in [4.78, 5) is 10.9. The smallest absolute Gasteiger partial charge is 0.320 e. The molecule has 82 valence electrons. The lowest BCUT2D eigenvalue weighted by Gasteiger charge is -2.22. The van der Waals surface area contributed by atoms with Gasteiger partial charge < -0.3 is 10.4 Å². The summed E-state index contributed by atoms with van der Waals surface area (Å²) in [5.41, 5.74) is 0. The van der Waals surface area contributed by atoms with Gasteiger partial charge in [0.05, 0.1) is 0 Å². The molecular formula is C11H21NO2. The summed E-state index contributed by atoms with van der Waals surface area (Å²) in [7, 11) is 0. The molecule has 0 radical (unpaired) electrons. The van der Waals surface area contributed by atoms with E-state index in [0.717, 1.165) is 19.3 Å². The Labute approximate surface area is 85.9 Å². The molecule has 0 aromatic rings. The molecule has 0 aromatic carbocycles. The molecule has 0 aliphatic heterocycles. The van der Waals surface area contributed by atoms with E-state index < -0.39 is 5.97 Å². The van der Waals surface area contributed by atoms with Crippen LogP contribution in [0.15, 0.2) is 0 Å². The fourth-order valence-electron chi connectivity index (χ4n) is 2.22. The van der Waals surface area contributed by atoms with Crippen LogP contribution in [0.1, 0.15) is 46.0 Å². The van der Waals surface area contributed by atoms with Crippen molar-refractivity contribution in [1.82, 2.24) is 5.32 Å². The average molecular weight is 199 g/mol. The Morgan fingerprint density at radius 3 is 2.71 bits per heavy atom. The van der Waals surface area contributed by atoms with Crippen molar-refractivity contribution >= 4 is 5.97 Å². The van der Waals surface area contributed by atoms with Gasteiger partial charge in [-0.3, -0.25) is 4.79 Å². The van der Waals surface area contributed by atoms with Gasteiger partial charge in [-0.15, -0.1) is 0 Å². The monoisotopic (exact) mass is 199 g/mol. The number of carboxylic acid groups (broad SMARTS) is 1. The second-order valence-corrected chi connectivity index (χ2v) is 4.36. The van der Waals surface area contributed by atoms with E-state index in [1.165, 1.54) is 12.8 Å². The number of hydrogen-bond donors (Lipinski definition) is 2. The van der Waals surface area contributed by atoms with Crippen LogP contribution < -0.4 is 5.32 Å². The summed E-state index contributed by atoms with van der Waals surface area (Å²) in [6, 6.07) is 0.0770. The van der Waals surface area contributed by atoms with E-state index in [1.807, 2.05) is 6.92 Å².